The molecule has 3 aromatic carbocycles. The highest BCUT2D eigenvalue weighted by atomic mass is 19.3. The molecular weight excluding hydrogens is 428 g/mol. The van der Waals surface area contributed by atoms with Crippen molar-refractivity contribution in [1.29, 1.82) is 0 Å². The topological polar surface area (TPSA) is 9.23 Å². The number of alkyl halides is 2. The van der Waals surface area contributed by atoms with Gasteiger partial charge in [0, 0.05) is 22.4 Å². The first kappa shape index (κ1) is 23.2. The third-order valence-corrected chi connectivity index (χ3v) is 6.38. The second-order valence-electron chi connectivity index (χ2n) is 8.66. The predicted octanol–water partition coefficient (Wildman–Crippen LogP) is 8.34. The quantitative estimate of drug-likeness (QED) is 0.278. The first-order chi connectivity index (χ1) is 15.9. The van der Waals surface area contributed by atoms with Crippen molar-refractivity contribution in [3.05, 3.63) is 65.7 Å². The van der Waals surface area contributed by atoms with Crippen molar-refractivity contribution in [2.45, 2.75) is 52.1 Å². The van der Waals surface area contributed by atoms with Crippen LogP contribution in [0.15, 0.2) is 48.5 Å². The Hall–Kier alpha value is -3.00. The van der Waals surface area contributed by atoms with Gasteiger partial charge in [-0.15, -0.1) is 0 Å². The molecule has 0 aromatic heterocycles. The lowest BCUT2D eigenvalue weighted by Gasteiger charge is -2.25. The van der Waals surface area contributed by atoms with Crippen LogP contribution in [0.5, 0.6) is 5.75 Å². The molecule has 1 nitrogen and oxygen atoms in total. The van der Waals surface area contributed by atoms with Crippen LogP contribution >= 0.6 is 0 Å². The number of hydrogen-bond donors (Lipinski definition) is 0. The van der Waals surface area contributed by atoms with E-state index in [-0.39, 0.29) is 5.39 Å². The van der Waals surface area contributed by atoms with Gasteiger partial charge in [0.25, 0.3) is 0 Å². The normalized spacial score (nSPS) is 18.2. The highest BCUT2D eigenvalue weighted by Gasteiger charge is 2.19. The van der Waals surface area contributed by atoms with E-state index in [1.807, 2.05) is 0 Å². The summed E-state index contributed by atoms with van der Waals surface area (Å²) in [5.41, 5.74) is 1.57. The van der Waals surface area contributed by atoms with Gasteiger partial charge in [-0.2, -0.15) is 8.78 Å². The minimum atomic E-state index is -3.11. The summed E-state index contributed by atoms with van der Waals surface area (Å²) < 4.78 is 58.4. The molecule has 1 fully saturated rings. The first-order valence-electron chi connectivity index (χ1n) is 11.4. The molecule has 3 aromatic rings. The number of hydrogen-bond acceptors (Lipinski definition) is 1. The van der Waals surface area contributed by atoms with Crippen molar-refractivity contribution >= 4 is 10.8 Å². The summed E-state index contributed by atoms with van der Waals surface area (Å²) in [5.74, 6) is 5.84. The van der Waals surface area contributed by atoms with Crippen LogP contribution in [0.2, 0.25) is 0 Å². The van der Waals surface area contributed by atoms with Gasteiger partial charge in [0.05, 0.1) is 0 Å². The van der Waals surface area contributed by atoms with Crippen molar-refractivity contribution in [3.63, 3.8) is 0 Å². The van der Waals surface area contributed by atoms with Gasteiger partial charge in [0.15, 0.2) is 11.6 Å². The van der Waals surface area contributed by atoms with Gasteiger partial charge in [-0.1, -0.05) is 55.9 Å². The Morgan fingerprint density at radius 3 is 2.45 bits per heavy atom. The Morgan fingerprint density at radius 1 is 0.970 bits per heavy atom. The number of fused-ring (bicyclic) bond motifs is 1. The standard InChI is InChI=1S/C28H26F4O/c1-2-3-18-4-6-19(7-5-18)8-9-20-10-13-23(25(29)16-20)21-11-14-24-22(17-21)12-15-26(27(24)30)33-28(31)32/h10-19,28H,2-7H2,1H3. The van der Waals surface area contributed by atoms with Gasteiger partial charge in [0.2, 0.25) is 0 Å². The summed E-state index contributed by atoms with van der Waals surface area (Å²) >= 11 is 0. The van der Waals surface area contributed by atoms with E-state index in [1.54, 1.807) is 24.3 Å². The van der Waals surface area contributed by atoms with Gasteiger partial charge in [-0.25, -0.2) is 8.78 Å². The molecule has 0 saturated heterocycles. The van der Waals surface area contributed by atoms with Crippen LogP contribution in [0.4, 0.5) is 17.6 Å². The SMILES string of the molecule is CCCC1CCC(C#Cc2ccc(-c3ccc4c(F)c(OC(F)F)ccc4c3)c(F)c2)CC1. The summed E-state index contributed by atoms with van der Waals surface area (Å²) in [6.07, 6.45) is 7.18. The lowest BCUT2D eigenvalue weighted by atomic mass is 9.80. The van der Waals surface area contributed by atoms with Crippen molar-refractivity contribution in [2.75, 3.05) is 0 Å². The van der Waals surface area contributed by atoms with E-state index in [0.29, 0.717) is 28.0 Å². The smallest absolute Gasteiger partial charge is 0.387 e. The molecular formula is C28H26F4O. The van der Waals surface area contributed by atoms with Crippen LogP contribution in [-0.2, 0) is 0 Å². The Bertz CT molecular complexity index is 1180. The molecule has 0 bridgehead atoms. The van der Waals surface area contributed by atoms with E-state index in [4.69, 9.17) is 0 Å². The Labute approximate surface area is 191 Å². The van der Waals surface area contributed by atoms with Gasteiger partial charge in [0.1, 0.15) is 5.82 Å². The Balaban J connectivity index is 1.51. The fourth-order valence-corrected chi connectivity index (χ4v) is 4.64. The highest BCUT2D eigenvalue weighted by Crippen LogP contribution is 2.33. The molecule has 0 N–H and O–H groups in total. The molecule has 0 heterocycles. The molecule has 0 unspecified atom stereocenters. The van der Waals surface area contributed by atoms with Crippen LogP contribution in [0.3, 0.4) is 0 Å². The van der Waals surface area contributed by atoms with Gasteiger partial charge >= 0.3 is 6.61 Å². The molecule has 0 aliphatic heterocycles. The van der Waals surface area contributed by atoms with Crippen LogP contribution in [0.25, 0.3) is 21.9 Å². The summed E-state index contributed by atoms with van der Waals surface area (Å²) in [4.78, 5) is 0. The molecule has 33 heavy (non-hydrogen) atoms. The molecule has 1 aliphatic rings. The monoisotopic (exact) mass is 454 g/mol. The molecule has 0 spiro atoms. The number of rotatable bonds is 5. The average Bonchev–Trinajstić information content (AvgIpc) is 2.80. The Kier molecular flexibility index (Phi) is 7.23. The van der Waals surface area contributed by atoms with E-state index in [2.05, 4.69) is 23.5 Å². The van der Waals surface area contributed by atoms with E-state index < -0.39 is 24.0 Å². The summed E-state index contributed by atoms with van der Waals surface area (Å²) in [6.45, 7) is -0.884. The van der Waals surface area contributed by atoms with Crippen LogP contribution in [0.1, 0.15) is 51.0 Å². The zero-order valence-corrected chi connectivity index (χ0v) is 18.5. The fourth-order valence-electron chi connectivity index (χ4n) is 4.64. The molecule has 1 aliphatic carbocycles. The summed E-state index contributed by atoms with van der Waals surface area (Å²) in [6, 6.07) is 12.2. The molecule has 172 valence electrons. The predicted molar refractivity (Wildman–Crippen MR) is 123 cm³/mol. The number of benzene rings is 3. The minimum absolute atomic E-state index is 0.133. The van der Waals surface area contributed by atoms with Gasteiger partial charge in [-0.3, -0.25) is 0 Å². The van der Waals surface area contributed by atoms with E-state index in [1.165, 1.54) is 43.9 Å². The fraction of sp³-hybridized carbons (Fsp3) is 0.357. The molecule has 0 amide bonds. The van der Waals surface area contributed by atoms with Crippen LogP contribution in [-0.4, -0.2) is 6.61 Å². The van der Waals surface area contributed by atoms with Crippen molar-refractivity contribution < 1.29 is 22.3 Å². The maximum Gasteiger partial charge on any atom is 0.387 e. The van der Waals surface area contributed by atoms with E-state index >= 15 is 0 Å². The lowest BCUT2D eigenvalue weighted by Crippen LogP contribution is -2.13. The van der Waals surface area contributed by atoms with Crippen LogP contribution < -0.4 is 4.74 Å². The summed E-state index contributed by atoms with van der Waals surface area (Å²) in [5, 5.41) is 0.599. The van der Waals surface area contributed by atoms with Gasteiger partial charge in [-0.05, 0) is 66.8 Å². The molecule has 0 radical (unpaired) electrons. The second-order valence-corrected chi connectivity index (χ2v) is 8.66. The molecule has 5 heteroatoms. The third-order valence-electron chi connectivity index (χ3n) is 6.38. The third kappa shape index (κ3) is 5.50. The maximum absolute atomic E-state index is 14.9. The highest BCUT2D eigenvalue weighted by molar-refractivity contribution is 5.89. The number of halogens is 4. The zero-order chi connectivity index (χ0) is 23.4. The maximum atomic E-state index is 14.9. The molecule has 1 saturated carbocycles. The summed E-state index contributed by atoms with van der Waals surface area (Å²) in [7, 11) is 0. The molecule has 4 rings (SSSR count). The number of ether oxygens (including phenoxy) is 1. The van der Waals surface area contributed by atoms with E-state index in [9.17, 15) is 17.6 Å². The first-order valence-corrected chi connectivity index (χ1v) is 11.4. The van der Waals surface area contributed by atoms with Gasteiger partial charge < -0.3 is 4.74 Å². The van der Waals surface area contributed by atoms with Crippen LogP contribution in [0, 0.1) is 35.3 Å². The average molecular weight is 455 g/mol. The largest absolute Gasteiger partial charge is 0.432 e. The van der Waals surface area contributed by atoms with Crippen molar-refractivity contribution in [1.82, 2.24) is 0 Å². The molecule has 0 atom stereocenters. The lowest BCUT2D eigenvalue weighted by molar-refractivity contribution is -0.0520. The van der Waals surface area contributed by atoms with E-state index in [0.717, 1.165) is 24.8 Å². The second kappa shape index (κ2) is 10.3. The zero-order valence-electron chi connectivity index (χ0n) is 18.5. The van der Waals surface area contributed by atoms with Crippen molar-refractivity contribution in [3.8, 4) is 28.7 Å². The minimum Gasteiger partial charge on any atom is -0.432 e. The van der Waals surface area contributed by atoms with Crippen molar-refractivity contribution in [2.24, 2.45) is 11.8 Å². The Morgan fingerprint density at radius 2 is 1.76 bits per heavy atom.